The lowest BCUT2D eigenvalue weighted by Gasteiger charge is -2.15. The first-order valence-corrected chi connectivity index (χ1v) is 4.26. The van der Waals surface area contributed by atoms with Gasteiger partial charge < -0.3 is 0 Å². The van der Waals surface area contributed by atoms with Crippen LogP contribution in [0.15, 0.2) is 30.3 Å². The maximum Gasteiger partial charge on any atom is -0.0167 e. The Morgan fingerprint density at radius 2 is 1.42 bits per heavy atom. The predicted molar refractivity (Wildman–Crippen MR) is 56.9 cm³/mol. The van der Waals surface area contributed by atoms with Crippen LogP contribution in [0.1, 0.15) is 32.3 Å². The van der Waals surface area contributed by atoms with Crippen molar-refractivity contribution in [3.8, 4) is 0 Å². The van der Waals surface area contributed by atoms with Gasteiger partial charge in [0.1, 0.15) is 0 Å². The predicted octanol–water partition coefficient (Wildman–Crippen LogP) is 3.87. The van der Waals surface area contributed by atoms with Gasteiger partial charge >= 0.3 is 0 Å². The maximum atomic E-state index is 2.28. The van der Waals surface area contributed by atoms with E-state index in [0.29, 0.717) is 5.92 Å². The van der Waals surface area contributed by atoms with Gasteiger partial charge in [0.05, 0.1) is 0 Å². The van der Waals surface area contributed by atoms with Crippen LogP contribution in [-0.2, 0) is 0 Å². The normalized spacial score (nSPS) is 12.3. The summed E-state index contributed by atoms with van der Waals surface area (Å²) in [7, 11) is 0. The highest BCUT2D eigenvalue weighted by Crippen LogP contribution is 2.22. The molecule has 0 nitrogen and oxygen atoms in total. The molecule has 0 aliphatic rings. The summed E-state index contributed by atoms with van der Waals surface area (Å²) in [5.41, 5.74) is 1.45. The molecule has 12 heavy (non-hydrogen) atoms. The Kier molecular flexibility index (Phi) is 5.00. The van der Waals surface area contributed by atoms with Gasteiger partial charge in [-0.25, -0.2) is 0 Å². The van der Waals surface area contributed by atoms with Crippen molar-refractivity contribution in [2.75, 3.05) is 0 Å². The molecule has 1 rings (SSSR count). The summed E-state index contributed by atoms with van der Waals surface area (Å²) < 4.78 is 0. The Labute approximate surface area is 81.4 Å². The van der Waals surface area contributed by atoms with Crippen LogP contribution in [0.5, 0.6) is 0 Å². The number of rotatable bonds is 2. The second kappa shape index (κ2) is 5.21. The lowest BCUT2D eigenvalue weighted by Crippen LogP contribution is -2.00. The zero-order chi connectivity index (χ0) is 8.27. The molecule has 0 saturated heterocycles. The van der Waals surface area contributed by atoms with Crippen LogP contribution in [0.2, 0.25) is 0 Å². The first-order chi connectivity index (χ1) is 5.22. The summed E-state index contributed by atoms with van der Waals surface area (Å²) in [5.74, 6) is 1.41. The zero-order valence-corrected chi connectivity index (χ0v) is 8.77. The Bertz CT molecular complexity index is 204. The standard InChI is InChI=1S/C11H16.ClH/c1-9(2)10(3)11-7-5-4-6-8-11;/h4-10H,1-3H3;1H. The van der Waals surface area contributed by atoms with Crippen molar-refractivity contribution in [3.05, 3.63) is 35.9 Å². The van der Waals surface area contributed by atoms with Crippen molar-refractivity contribution < 1.29 is 0 Å². The van der Waals surface area contributed by atoms with E-state index in [2.05, 4.69) is 51.1 Å². The van der Waals surface area contributed by atoms with Crippen LogP contribution in [0.4, 0.5) is 0 Å². The van der Waals surface area contributed by atoms with Crippen molar-refractivity contribution in [3.63, 3.8) is 0 Å². The number of hydrogen-bond acceptors (Lipinski definition) is 0. The fraction of sp³-hybridized carbons (Fsp3) is 0.455. The van der Waals surface area contributed by atoms with E-state index in [4.69, 9.17) is 0 Å². The lowest BCUT2D eigenvalue weighted by molar-refractivity contribution is 0.535. The number of benzene rings is 1. The summed E-state index contributed by atoms with van der Waals surface area (Å²) in [6, 6.07) is 10.7. The Hall–Kier alpha value is -0.490. The van der Waals surface area contributed by atoms with Crippen molar-refractivity contribution in [2.24, 2.45) is 5.92 Å². The van der Waals surface area contributed by atoms with Crippen LogP contribution >= 0.6 is 12.4 Å². The van der Waals surface area contributed by atoms with Crippen molar-refractivity contribution in [1.29, 1.82) is 0 Å². The van der Waals surface area contributed by atoms with Gasteiger partial charge in [-0.2, -0.15) is 0 Å². The van der Waals surface area contributed by atoms with Crippen LogP contribution < -0.4 is 0 Å². The van der Waals surface area contributed by atoms with Gasteiger partial charge in [0.15, 0.2) is 0 Å². The summed E-state index contributed by atoms with van der Waals surface area (Å²) in [6.45, 7) is 6.80. The largest absolute Gasteiger partial charge is 0.147 e. The number of halogens is 1. The quantitative estimate of drug-likeness (QED) is 0.655. The van der Waals surface area contributed by atoms with Gasteiger partial charge in [-0.15, -0.1) is 12.4 Å². The third kappa shape index (κ3) is 2.86. The summed E-state index contributed by atoms with van der Waals surface area (Å²) in [5, 5.41) is 0. The Balaban J connectivity index is 0.00000121. The van der Waals surface area contributed by atoms with Gasteiger partial charge in [0.2, 0.25) is 0 Å². The molecule has 0 bridgehead atoms. The molecule has 1 heteroatoms. The molecule has 1 atom stereocenters. The second-order valence-electron chi connectivity index (χ2n) is 3.44. The van der Waals surface area contributed by atoms with Crippen LogP contribution in [-0.4, -0.2) is 0 Å². The van der Waals surface area contributed by atoms with E-state index in [1.165, 1.54) is 5.56 Å². The summed E-state index contributed by atoms with van der Waals surface area (Å²) in [6.07, 6.45) is 0. The van der Waals surface area contributed by atoms with Crippen molar-refractivity contribution in [1.82, 2.24) is 0 Å². The van der Waals surface area contributed by atoms with Crippen molar-refractivity contribution in [2.45, 2.75) is 26.7 Å². The second-order valence-corrected chi connectivity index (χ2v) is 3.44. The van der Waals surface area contributed by atoms with E-state index in [1.807, 2.05) is 0 Å². The van der Waals surface area contributed by atoms with E-state index in [9.17, 15) is 0 Å². The summed E-state index contributed by atoms with van der Waals surface area (Å²) in [4.78, 5) is 0. The molecule has 0 N–H and O–H groups in total. The highest BCUT2D eigenvalue weighted by Gasteiger charge is 2.07. The average Bonchev–Trinajstić information content (AvgIpc) is 2.05. The molecule has 68 valence electrons. The molecule has 0 heterocycles. The first kappa shape index (κ1) is 11.5. The van der Waals surface area contributed by atoms with Crippen LogP contribution in [0.25, 0.3) is 0 Å². The molecule has 1 aromatic rings. The molecule has 0 spiro atoms. The Morgan fingerprint density at radius 3 is 1.83 bits per heavy atom. The zero-order valence-electron chi connectivity index (χ0n) is 7.95. The topological polar surface area (TPSA) is 0 Å². The van der Waals surface area contributed by atoms with E-state index < -0.39 is 0 Å². The molecule has 0 saturated carbocycles. The SMILES string of the molecule is CC(C)C(C)c1ccccc1.Cl. The minimum absolute atomic E-state index is 0. The highest BCUT2D eigenvalue weighted by atomic mass is 35.5. The minimum Gasteiger partial charge on any atom is -0.147 e. The van der Waals surface area contributed by atoms with E-state index >= 15 is 0 Å². The molecule has 0 aromatic heterocycles. The molecule has 0 radical (unpaired) electrons. The monoisotopic (exact) mass is 184 g/mol. The third-order valence-corrected chi connectivity index (χ3v) is 2.33. The van der Waals surface area contributed by atoms with E-state index in [-0.39, 0.29) is 12.4 Å². The molecule has 0 fully saturated rings. The highest BCUT2D eigenvalue weighted by molar-refractivity contribution is 5.85. The van der Waals surface area contributed by atoms with Crippen LogP contribution in [0.3, 0.4) is 0 Å². The average molecular weight is 185 g/mol. The Morgan fingerprint density at radius 1 is 0.917 bits per heavy atom. The molecule has 0 aliphatic heterocycles. The first-order valence-electron chi connectivity index (χ1n) is 4.26. The lowest BCUT2D eigenvalue weighted by atomic mass is 9.91. The molecule has 0 aliphatic carbocycles. The molecular formula is C11H17Cl. The molecule has 0 amide bonds. The number of hydrogen-bond donors (Lipinski definition) is 0. The van der Waals surface area contributed by atoms with E-state index in [0.717, 1.165) is 5.92 Å². The fourth-order valence-corrected chi connectivity index (χ4v) is 1.14. The smallest absolute Gasteiger partial charge is 0.0167 e. The van der Waals surface area contributed by atoms with Gasteiger partial charge in [0.25, 0.3) is 0 Å². The van der Waals surface area contributed by atoms with E-state index in [1.54, 1.807) is 0 Å². The van der Waals surface area contributed by atoms with Gasteiger partial charge in [-0.3, -0.25) is 0 Å². The molecule has 1 unspecified atom stereocenters. The maximum absolute atomic E-state index is 2.28. The van der Waals surface area contributed by atoms with Gasteiger partial charge in [-0.05, 0) is 17.4 Å². The van der Waals surface area contributed by atoms with Crippen molar-refractivity contribution >= 4 is 12.4 Å². The van der Waals surface area contributed by atoms with Gasteiger partial charge in [0, 0.05) is 0 Å². The minimum atomic E-state index is 0. The van der Waals surface area contributed by atoms with Gasteiger partial charge in [-0.1, -0.05) is 51.1 Å². The summed E-state index contributed by atoms with van der Waals surface area (Å²) >= 11 is 0. The third-order valence-electron chi connectivity index (χ3n) is 2.33. The molecular weight excluding hydrogens is 168 g/mol. The fourth-order valence-electron chi connectivity index (χ4n) is 1.14. The van der Waals surface area contributed by atoms with Crippen LogP contribution in [0, 0.1) is 5.92 Å². The molecule has 1 aromatic carbocycles.